The number of amides is 1. The Hall–Kier alpha value is -2.30. The largest absolute Gasteiger partial charge is 0.483 e. The van der Waals surface area contributed by atoms with E-state index in [4.69, 9.17) is 4.74 Å². The number of aromatic nitrogens is 2. The van der Waals surface area contributed by atoms with E-state index >= 15 is 0 Å². The lowest BCUT2D eigenvalue weighted by Gasteiger charge is -2.10. The topological polar surface area (TPSA) is 67.0 Å². The van der Waals surface area contributed by atoms with Crippen LogP contribution in [0.25, 0.3) is 0 Å². The molecule has 0 fully saturated rings. The van der Waals surface area contributed by atoms with Gasteiger partial charge in [0.25, 0.3) is 5.91 Å². The van der Waals surface area contributed by atoms with Crippen LogP contribution in [0.1, 0.15) is 23.6 Å². The fraction of sp³-hybridized carbons (Fsp3) is 0.333. The number of anilines is 1. The summed E-state index contributed by atoms with van der Waals surface area (Å²) in [6.07, 6.45) is 2.52. The van der Waals surface area contributed by atoms with Gasteiger partial charge in [0.2, 0.25) is 0 Å². The quantitative estimate of drug-likeness (QED) is 0.880. The van der Waals surface area contributed by atoms with Crippen molar-refractivity contribution < 1.29 is 9.53 Å². The number of carbonyl (C=O) groups is 1. The monoisotopic (exact) mass is 273 g/mol. The molecule has 1 aromatic carbocycles. The van der Waals surface area contributed by atoms with E-state index in [2.05, 4.69) is 15.5 Å². The molecule has 0 spiro atoms. The molecule has 0 unspecified atom stereocenters. The van der Waals surface area contributed by atoms with Crippen molar-refractivity contribution in [3.63, 3.8) is 0 Å². The smallest absolute Gasteiger partial charge is 0.263 e. The summed E-state index contributed by atoms with van der Waals surface area (Å²) in [5, 5.41) is 9.44. The first kappa shape index (κ1) is 14.1. The number of benzene rings is 1. The lowest BCUT2D eigenvalue weighted by atomic mass is 10.1. The molecule has 0 bridgehead atoms. The van der Waals surface area contributed by atoms with Gasteiger partial charge in [-0.05, 0) is 37.5 Å². The van der Waals surface area contributed by atoms with Crippen molar-refractivity contribution in [3.05, 3.63) is 41.1 Å². The van der Waals surface area contributed by atoms with Crippen LogP contribution in [0.4, 0.5) is 5.82 Å². The minimum Gasteiger partial charge on any atom is -0.483 e. The van der Waals surface area contributed by atoms with Gasteiger partial charge in [-0.1, -0.05) is 19.1 Å². The molecular weight excluding hydrogens is 254 g/mol. The highest BCUT2D eigenvalue weighted by atomic mass is 16.5. The zero-order chi connectivity index (χ0) is 14.5. The summed E-state index contributed by atoms with van der Waals surface area (Å²) < 4.78 is 5.56. The third-order valence-electron chi connectivity index (χ3n) is 3.28. The number of aromatic amines is 1. The van der Waals surface area contributed by atoms with Gasteiger partial charge < -0.3 is 10.1 Å². The van der Waals surface area contributed by atoms with E-state index < -0.39 is 0 Å². The van der Waals surface area contributed by atoms with Crippen molar-refractivity contribution in [3.8, 4) is 5.75 Å². The molecule has 0 saturated carbocycles. The summed E-state index contributed by atoms with van der Waals surface area (Å²) in [6.45, 7) is 5.98. The molecule has 5 heteroatoms. The SMILES string of the molecule is CCc1cn[nH]c1NC(=O)COc1cccc(C)c1C. The van der Waals surface area contributed by atoms with Crippen molar-refractivity contribution in [1.29, 1.82) is 0 Å². The second-order valence-electron chi connectivity index (χ2n) is 4.66. The van der Waals surface area contributed by atoms with Crippen LogP contribution in [-0.2, 0) is 11.2 Å². The third kappa shape index (κ3) is 3.17. The molecule has 2 rings (SSSR count). The second kappa shape index (κ2) is 6.23. The predicted molar refractivity (Wildman–Crippen MR) is 78.0 cm³/mol. The molecule has 1 amide bonds. The molecule has 5 nitrogen and oxygen atoms in total. The molecule has 0 aliphatic rings. The number of ether oxygens (including phenoxy) is 1. The Morgan fingerprint density at radius 3 is 2.95 bits per heavy atom. The van der Waals surface area contributed by atoms with E-state index in [9.17, 15) is 4.79 Å². The zero-order valence-corrected chi connectivity index (χ0v) is 12.0. The van der Waals surface area contributed by atoms with Crippen LogP contribution >= 0.6 is 0 Å². The lowest BCUT2D eigenvalue weighted by Crippen LogP contribution is -2.21. The Balaban J connectivity index is 1.94. The summed E-state index contributed by atoms with van der Waals surface area (Å²) in [5.41, 5.74) is 3.17. The van der Waals surface area contributed by atoms with E-state index in [0.29, 0.717) is 5.82 Å². The Morgan fingerprint density at radius 1 is 1.40 bits per heavy atom. The Bertz CT molecular complexity index is 605. The van der Waals surface area contributed by atoms with E-state index in [1.165, 1.54) is 0 Å². The summed E-state index contributed by atoms with van der Waals surface area (Å²) in [4.78, 5) is 11.9. The minimum absolute atomic E-state index is 0.0214. The van der Waals surface area contributed by atoms with E-state index in [1.54, 1.807) is 6.20 Å². The molecule has 1 heterocycles. The van der Waals surface area contributed by atoms with E-state index in [1.807, 2.05) is 39.0 Å². The van der Waals surface area contributed by atoms with Gasteiger partial charge in [-0.3, -0.25) is 9.89 Å². The highest BCUT2D eigenvalue weighted by Gasteiger charge is 2.09. The Labute approximate surface area is 118 Å². The second-order valence-corrected chi connectivity index (χ2v) is 4.66. The van der Waals surface area contributed by atoms with Crippen LogP contribution in [-0.4, -0.2) is 22.7 Å². The molecule has 2 aromatic rings. The van der Waals surface area contributed by atoms with Gasteiger partial charge in [-0.2, -0.15) is 5.10 Å². The first-order valence-corrected chi connectivity index (χ1v) is 6.63. The highest BCUT2D eigenvalue weighted by Crippen LogP contribution is 2.20. The van der Waals surface area contributed by atoms with Gasteiger partial charge in [-0.25, -0.2) is 0 Å². The van der Waals surface area contributed by atoms with Crippen LogP contribution in [0, 0.1) is 13.8 Å². The fourth-order valence-electron chi connectivity index (χ4n) is 1.89. The third-order valence-corrected chi connectivity index (χ3v) is 3.28. The number of carbonyl (C=O) groups excluding carboxylic acids is 1. The first-order chi connectivity index (χ1) is 9.61. The molecule has 0 radical (unpaired) electrons. The van der Waals surface area contributed by atoms with Crippen LogP contribution < -0.4 is 10.1 Å². The molecule has 1 aromatic heterocycles. The maximum Gasteiger partial charge on any atom is 0.263 e. The highest BCUT2D eigenvalue weighted by molar-refractivity contribution is 5.91. The van der Waals surface area contributed by atoms with Crippen molar-refractivity contribution in [1.82, 2.24) is 10.2 Å². The van der Waals surface area contributed by atoms with Gasteiger partial charge in [0.05, 0.1) is 6.20 Å². The van der Waals surface area contributed by atoms with Crippen LogP contribution in [0.2, 0.25) is 0 Å². The van der Waals surface area contributed by atoms with Gasteiger partial charge in [0, 0.05) is 5.56 Å². The maximum atomic E-state index is 11.9. The number of nitrogens with one attached hydrogen (secondary N) is 2. The number of H-pyrrole nitrogens is 1. The Morgan fingerprint density at radius 2 is 2.20 bits per heavy atom. The minimum atomic E-state index is -0.204. The summed E-state index contributed by atoms with van der Waals surface area (Å²) in [6, 6.07) is 5.79. The molecule has 0 atom stereocenters. The van der Waals surface area contributed by atoms with Gasteiger partial charge in [0.1, 0.15) is 11.6 Å². The normalized spacial score (nSPS) is 10.3. The van der Waals surface area contributed by atoms with Crippen LogP contribution in [0.5, 0.6) is 5.75 Å². The van der Waals surface area contributed by atoms with Gasteiger partial charge >= 0.3 is 0 Å². The molecule has 0 aliphatic heterocycles. The fourth-order valence-corrected chi connectivity index (χ4v) is 1.89. The predicted octanol–water partition coefficient (Wildman–Crippen LogP) is 2.61. The molecule has 20 heavy (non-hydrogen) atoms. The van der Waals surface area contributed by atoms with Crippen molar-refractivity contribution in [2.24, 2.45) is 0 Å². The number of rotatable bonds is 5. The van der Waals surface area contributed by atoms with Crippen molar-refractivity contribution in [2.45, 2.75) is 27.2 Å². The van der Waals surface area contributed by atoms with Crippen molar-refractivity contribution >= 4 is 11.7 Å². The molecule has 106 valence electrons. The molecule has 0 aliphatic carbocycles. The Kier molecular flexibility index (Phi) is 4.40. The summed E-state index contributed by atoms with van der Waals surface area (Å²) in [7, 11) is 0. The van der Waals surface area contributed by atoms with E-state index in [-0.39, 0.29) is 12.5 Å². The number of hydrogen-bond acceptors (Lipinski definition) is 3. The molecule has 2 N–H and O–H groups in total. The molecular formula is C15H19N3O2. The summed E-state index contributed by atoms with van der Waals surface area (Å²) in [5.74, 6) is 1.17. The molecule has 0 saturated heterocycles. The van der Waals surface area contributed by atoms with Crippen LogP contribution in [0.3, 0.4) is 0 Å². The summed E-state index contributed by atoms with van der Waals surface area (Å²) >= 11 is 0. The van der Waals surface area contributed by atoms with Gasteiger partial charge in [0.15, 0.2) is 6.61 Å². The van der Waals surface area contributed by atoms with Crippen molar-refractivity contribution in [2.75, 3.05) is 11.9 Å². The zero-order valence-electron chi connectivity index (χ0n) is 12.0. The maximum absolute atomic E-state index is 11.9. The van der Waals surface area contributed by atoms with E-state index in [0.717, 1.165) is 28.9 Å². The first-order valence-electron chi connectivity index (χ1n) is 6.63. The average Bonchev–Trinajstić information content (AvgIpc) is 2.87. The number of aryl methyl sites for hydroxylation is 2. The lowest BCUT2D eigenvalue weighted by molar-refractivity contribution is -0.118. The number of hydrogen-bond donors (Lipinski definition) is 2. The average molecular weight is 273 g/mol. The standard InChI is InChI=1S/C15H19N3O2/c1-4-12-8-16-18-15(12)17-14(19)9-20-13-7-5-6-10(2)11(13)3/h5-8H,4,9H2,1-3H3,(H2,16,17,18,19). The van der Waals surface area contributed by atoms with Gasteiger partial charge in [-0.15, -0.1) is 0 Å². The number of nitrogens with zero attached hydrogens (tertiary/aromatic N) is 1. The van der Waals surface area contributed by atoms with Crippen LogP contribution in [0.15, 0.2) is 24.4 Å².